The molecule has 0 aromatic rings. The Bertz CT molecular complexity index is 317. The zero-order chi connectivity index (χ0) is 16.5. The Morgan fingerprint density at radius 2 is 1.38 bits per heavy atom. The zero-order valence-corrected chi connectivity index (χ0v) is 14.1. The highest BCUT2D eigenvalue weighted by molar-refractivity contribution is 6.62. The maximum absolute atomic E-state index is 11.5. The van der Waals surface area contributed by atoms with Crippen LogP contribution in [0.25, 0.3) is 0 Å². The van der Waals surface area contributed by atoms with Gasteiger partial charge < -0.3 is 23.5 Å². The molecule has 0 saturated heterocycles. The summed E-state index contributed by atoms with van der Waals surface area (Å²) in [7, 11) is -3.26. The number of aliphatic carboxylic acids is 2. The number of carboxylic acids is 2. The Morgan fingerprint density at radius 1 is 0.952 bits per heavy atom. The molecule has 0 aliphatic carbocycles. The highest BCUT2D eigenvalue weighted by atomic mass is 28.4. The van der Waals surface area contributed by atoms with Gasteiger partial charge in [0.1, 0.15) is 0 Å². The van der Waals surface area contributed by atoms with Crippen LogP contribution in [0.2, 0.25) is 5.54 Å². The second-order valence-corrected chi connectivity index (χ2v) is 7.27. The molecule has 124 valence electrons. The second kappa shape index (κ2) is 9.88. The molecule has 0 aliphatic rings. The van der Waals surface area contributed by atoms with E-state index in [1.54, 1.807) is 27.7 Å². The average molecular weight is 322 g/mol. The number of carbonyl (C=O) groups is 2. The van der Waals surface area contributed by atoms with Gasteiger partial charge in [-0.1, -0.05) is 6.92 Å². The minimum atomic E-state index is -3.26. The van der Waals surface area contributed by atoms with Crippen LogP contribution in [0.4, 0.5) is 0 Å². The van der Waals surface area contributed by atoms with Gasteiger partial charge in [0.25, 0.3) is 0 Å². The monoisotopic (exact) mass is 322 g/mol. The molecule has 7 nitrogen and oxygen atoms in total. The van der Waals surface area contributed by atoms with Crippen molar-refractivity contribution in [3.8, 4) is 0 Å². The SMILES string of the molecule is CCO[Si](OCC)(OCC)C(CC)C(CC(=O)O)C(=O)O. The van der Waals surface area contributed by atoms with Crippen molar-refractivity contribution in [1.82, 2.24) is 0 Å². The molecule has 0 rings (SSSR count). The first-order valence-electron chi connectivity index (χ1n) is 7.24. The van der Waals surface area contributed by atoms with Crippen molar-refractivity contribution in [3.05, 3.63) is 0 Å². The normalized spacial score (nSPS) is 14.7. The van der Waals surface area contributed by atoms with Gasteiger partial charge in [-0.25, -0.2) is 0 Å². The van der Waals surface area contributed by atoms with Crippen molar-refractivity contribution in [1.29, 1.82) is 0 Å². The highest BCUT2D eigenvalue weighted by Crippen LogP contribution is 2.38. The quantitative estimate of drug-likeness (QED) is 0.530. The molecule has 0 fully saturated rings. The summed E-state index contributed by atoms with van der Waals surface area (Å²) in [5.41, 5.74) is -0.592. The summed E-state index contributed by atoms with van der Waals surface area (Å²) in [5, 5.41) is 18.3. The molecular formula is C13H26O7Si. The molecule has 0 heterocycles. The third-order valence-electron chi connectivity index (χ3n) is 3.13. The first-order chi connectivity index (χ1) is 9.88. The van der Waals surface area contributed by atoms with E-state index in [1.165, 1.54) is 0 Å². The number of hydrogen-bond acceptors (Lipinski definition) is 5. The highest BCUT2D eigenvalue weighted by Gasteiger charge is 2.53. The van der Waals surface area contributed by atoms with E-state index in [1.807, 2.05) is 0 Å². The summed E-state index contributed by atoms with van der Waals surface area (Å²) in [6.45, 7) is 8.09. The van der Waals surface area contributed by atoms with Crippen molar-refractivity contribution >= 4 is 20.7 Å². The lowest BCUT2D eigenvalue weighted by molar-refractivity contribution is -0.149. The van der Waals surface area contributed by atoms with E-state index in [9.17, 15) is 14.7 Å². The topological polar surface area (TPSA) is 102 Å². The molecule has 0 aromatic carbocycles. The van der Waals surface area contributed by atoms with Gasteiger partial charge in [-0.05, 0) is 27.2 Å². The maximum atomic E-state index is 11.5. The van der Waals surface area contributed by atoms with Gasteiger partial charge in [-0.15, -0.1) is 0 Å². The Balaban J connectivity index is 5.60. The lowest BCUT2D eigenvalue weighted by atomic mass is 9.99. The van der Waals surface area contributed by atoms with Crippen LogP contribution in [0.15, 0.2) is 0 Å². The third-order valence-corrected chi connectivity index (χ3v) is 6.92. The molecule has 2 N–H and O–H groups in total. The van der Waals surface area contributed by atoms with Gasteiger partial charge in [0.15, 0.2) is 0 Å². The number of hydrogen-bond donors (Lipinski definition) is 2. The van der Waals surface area contributed by atoms with Crippen molar-refractivity contribution in [2.75, 3.05) is 19.8 Å². The van der Waals surface area contributed by atoms with Crippen LogP contribution in [-0.4, -0.2) is 50.8 Å². The van der Waals surface area contributed by atoms with Crippen molar-refractivity contribution in [2.24, 2.45) is 5.92 Å². The van der Waals surface area contributed by atoms with E-state index in [4.69, 9.17) is 18.4 Å². The molecule has 0 aromatic heterocycles. The Labute approximate surface area is 126 Å². The molecule has 0 spiro atoms. The first-order valence-corrected chi connectivity index (χ1v) is 9.05. The Kier molecular flexibility index (Phi) is 9.43. The largest absolute Gasteiger partial charge is 0.505 e. The van der Waals surface area contributed by atoms with Gasteiger partial charge in [-0.3, -0.25) is 9.59 Å². The van der Waals surface area contributed by atoms with Crippen molar-refractivity contribution in [3.63, 3.8) is 0 Å². The van der Waals surface area contributed by atoms with E-state index in [0.717, 1.165) is 0 Å². The van der Waals surface area contributed by atoms with E-state index >= 15 is 0 Å². The van der Waals surface area contributed by atoms with Crippen LogP contribution in [0.5, 0.6) is 0 Å². The summed E-state index contributed by atoms with van der Waals surface area (Å²) < 4.78 is 17.1. The van der Waals surface area contributed by atoms with E-state index in [2.05, 4.69) is 0 Å². The van der Waals surface area contributed by atoms with Crippen molar-refractivity contribution in [2.45, 2.75) is 46.1 Å². The van der Waals surface area contributed by atoms with Gasteiger partial charge in [0.05, 0.1) is 12.3 Å². The molecule has 0 bridgehead atoms. The molecule has 0 saturated carbocycles. The summed E-state index contributed by atoms with van der Waals surface area (Å²) in [4.78, 5) is 22.5. The molecular weight excluding hydrogens is 296 g/mol. The lowest BCUT2D eigenvalue weighted by Gasteiger charge is -2.37. The molecule has 2 unspecified atom stereocenters. The fraction of sp³-hybridized carbons (Fsp3) is 0.846. The molecule has 2 atom stereocenters. The van der Waals surface area contributed by atoms with Crippen LogP contribution >= 0.6 is 0 Å². The summed E-state index contributed by atoms with van der Waals surface area (Å²) >= 11 is 0. The second-order valence-electron chi connectivity index (χ2n) is 4.46. The van der Waals surface area contributed by atoms with Crippen LogP contribution < -0.4 is 0 Å². The maximum Gasteiger partial charge on any atom is 0.505 e. The zero-order valence-electron chi connectivity index (χ0n) is 13.1. The van der Waals surface area contributed by atoms with Gasteiger partial charge in [0.2, 0.25) is 0 Å². The van der Waals surface area contributed by atoms with E-state index in [-0.39, 0.29) is 0 Å². The van der Waals surface area contributed by atoms with E-state index < -0.39 is 38.6 Å². The number of rotatable bonds is 12. The fourth-order valence-electron chi connectivity index (χ4n) is 2.42. The smallest absolute Gasteiger partial charge is 0.481 e. The summed E-state index contributed by atoms with van der Waals surface area (Å²) in [6, 6.07) is 0. The molecule has 0 amide bonds. The minimum absolute atomic E-state index is 0.322. The fourth-order valence-corrected chi connectivity index (χ4v) is 5.77. The molecule has 0 aliphatic heterocycles. The average Bonchev–Trinajstić information content (AvgIpc) is 2.38. The Morgan fingerprint density at radius 3 is 1.62 bits per heavy atom. The summed E-state index contributed by atoms with van der Waals surface area (Å²) in [6.07, 6.45) is -0.0632. The van der Waals surface area contributed by atoms with Gasteiger partial charge in [0, 0.05) is 25.4 Å². The summed E-state index contributed by atoms with van der Waals surface area (Å²) in [5.74, 6) is -3.42. The third kappa shape index (κ3) is 5.74. The molecule has 0 radical (unpaired) electrons. The van der Waals surface area contributed by atoms with Crippen LogP contribution in [0.1, 0.15) is 40.5 Å². The van der Waals surface area contributed by atoms with Gasteiger partial charge >= 0.3 is 20.7 Å². The molecule has 21 heavy (non-hydrogen) atoms. The molecule has 8 heteroatoms. The standard InChI is InChI=1S/C13H26O7Si/c1-5-11(10(13(16)17)9-12(14)15)21(18-6-2,19-7-3)20-8-4/h10-11H,5-9H2,1-4H3,(H,14,15)(H,16,17). The van der Waals surface area contributed by atoms with E-state index in [0.29, 0.717) is 26.2 Å². The Hall–Kier alpha value is -0.963. The van der Waals surface area contributed by atoms with Gasteiger partial charge in [-0.2, -0.15) is 0 Å². The lowest BCUT2D eigenvalue weighted by Crippen LogP contribution is -2.53. The van der Waals surface area contributed by atoms with Crippen molar-refractivity contribution < 1.29 is 33.1 Å². The first kappa shape index (κ1) is 20.0. The van der Waals surface area contributed by atoms with Crippen LogP contribution in [0, 0.1) is 5.92 Å². The predicted molar refractivity (Wildman–Crippen MR) is 78.1 cm³/mol. The minimum Gasteiger partial charge on any atom is -0.481 e. The van der Waals surface area contributed by atoms with Crippen LogP contribution in [0.3, 0.4) is 0 Å². The van der Waals surface area contributed by atoms with Crippen LogP contribution in [-0.2, 0) is 22.9 Å². The predicted octanol–water partition coefficient (Wildman–Crippen LogP) is 1.99. The number of carboxylic acid groups (broad SMARTS) is 2.